The molecule has 0 aliphatic carbocycles. The fourth-order valence-corrected chi connectivity index (χ4v) is 1.59. The average molecular weight is 258 g/mol. The third kappa shape index (κ3) is 5.53. The van der Waals surface area contributed by atoms with Crippen LogP contribution in [0.15, 0.2) is 18.2 Å². The second-order valence-corrected chi connectivity index (χ2v) is 3.94. The van der Waals surface area contributed by atoms with E-state index >= 15 is 0 Å². The lowest BCUT2D eigenvalue weighted by Crippen LogP contribution is -2.30. The largest absolute Gasteiger partial charge is 0.383 e. The molecule has 0 aromatic heterocycles. The van der Waals surface area contributed by atoms with Crippen molar-refractivity contribution in [3.05, 3.63) is 35.4 Å². The first kappa shape index (κ1) is 15.0. The zero-order valence-electron chi connectivity index (χ0n) is 10.6. The molecule has 1 aromatic rings. The van der Waals surface area contributed by atoms with Gasteiger partial charge in [0.1, 0.15) is 11.6 Å². The van der Waals surface area contributed by atoms with Crippen molar-refractivity contribution in [2.24, 2.45) is 0 Å². The minimum atomic E-state index is -0.477. The van der Waals surface area contributed by atoms with Crippen LogP contribution in [-0.2, 0) is 11.2 Å². The Balaban J connectivity index is 2.11. The molecule has 0 atom stereocenters. The molecule has 1 aromatic carbocycles. The molecular weight excluding hydrogens is 238 g/mol. The first-order valence-corrected chi connectivity index (χ1v) is 6.09. The van der Waals surface area contributed by atoms with E-state index in [1.807, 2.05) is 0 Å². The van der Waals surface area contributed by atoms with E-state index in [-0.39, 0.29) is 5.56 Å². The van der Waals surface area contributed by atoms with Crippen molar-refractivity contribution in [2.45, 2.75) is 6.42 Å². The van der Waals surface area contributed by atoms with Crippen LogP contribution < -0.4 is 10.6 Å². The van der Waals surface area contributed by atoms with E-state index < -0.39 is 11.6 Å². The first-order valence-electron chi connectivity index (χ1n) is 6.09. The van der Waals surface area contributed by atoms with E-state index in [2.05, 4.69) is 10.6 Å². The minimum Gasteiger partial charge on any atom is -0.383 e. The van der Waals surface area contributed by atoms with Gasteiger partial charge in [0, 0.05) is 32.3 Å². The van der Waals surface area contributed by atoms with Crippen LogP contribution in [0.3, 0.4) is 0 Å². The Morgan fingerprint density at radius 2 is 1.61 bits per heavy atom. The van der Waals surface area contributed by atoms with Crippen LogP contribution in [-0.4, -0.2) is 39.9 Å². The third-order valence-corrected chi connectivity index (χ3v) is 2.57. The Hall–Kier alpha value is -1.04. The predicted molar refractivity (Wildman–Crippen MR) is 67.7 cm³/mol. The quantitative estimate of drug-likeness (QED) is 0.656. The van der Waals surface area contributed by atoms with Crippen LogP contribution in [0.1, 0.15) is 5.56 Å². The Morgan fingerprint density at radius 3 is 2.22 bits per heavy atom. The topological polar surface area (TPSA) is 33.3 Å². The molecule has 0 heterocycles. The SMILES string of the molecule is COCCNCCNCCc1c(F)cccc1F. The maximum Gasteiger partial charge on any atom is 0.129 e. The maximum absolute atomic E-state index is 13.3. The van der Waals surface area contributed by atoms with Gasteiger partial charge in [-0.25, -0.2) is 8.78 Å². The van der Waals surface area contributed by atoms with Gasteiger partial charge in [-0.05, 0) is 25.1 Å². The molecule has 0 spiro atoms. The number of ether oxygens (including phenoxy) is 1. The van der Waals surface area contributed by atoms with Gasteiger partial charge in [0.15, 0.2) is 0 Å². The van der Waals surface area contributed by atoms with Gasteiger partial charge >= 0.3 is 0 Å². The fraction of sp³-hybridized carbons (Fsp3) is 0.538. The highest BCUT2D eigenvalue weighted by molar-refractivity contribution is 5.19. The molecule has 1 rings (SSSR count). The number of hydrogen-bond acceptors (Lipinski definition) is 3. The lowest BCUT2D eigenvalue weighted by molar-refractivity contribution is 0.199. The van der Waals surface area contributed by atoms with E-state index in [0.717, 1.165) is 19.6 Å². The summed E-state index contributed by atoms with van der Waals surface area (Å²) < 4.78 is 31.4. The molecule has 102 valence electrons. The summed E-state index contributed by atoms with van der Waals surface area (Å²) in [6.45, 7) is 3.62. The molecule has 0 unspecified atom stereocenters. The third-order valence-electron chi connectivity index (χ3n) is 2.57. The second kappa shape index (κ2) is 8.97. The molecule has 0 bridgehead atoms. The molecule has 0 saturated heterocycles. The summed E-state index contributed by atoms with van der Waals surface area (Å²) in [5.41, 5.74) is 0.150. The Labute approximate surface area is 107 Å². The van der Waals surface area contributed by atoms with Crippen LogP contribution in [0.5, 0.6) is 0 Å². The van der Waals surface area contributed by atoms with E-state index in [4.69, 9.17) is 4.74 Å². The van der Waals surface area contributed by atoms with Crippen LogP contribution in [0.2, 0.25) is 0 Å². The van der Waals surface area contributed by atoms with Crippen LogP contribution in [0.4, 0.5) is 8.78 Å². The van der Waals surface area contributed by atoms with Gasteiger partial charge in [0.2, 0.25) is 0 Å². The number of rotatable bonds is 9. The van der Waals surface area contributed by atoms with Crippen molar-refractivity contribution in [1.82, 2.24) is 10.6 Å². The number of methoxy groups -OCH3 is 1. The van der Waals surface area contributed by atoms with E-state index in [0.29, 0.717) is 19.6 Å². The smallest absolute Gasteiger partial charge is 0.129 e. The molecule has 0 aliphatic rings. The van der Waals surface area contributed by atoms with Crippen LogP contribution in [0, 0.1) is 11.6 Å². The van der Waals surface area contributed by atoms with Crippen LogP contribution >= 0.6 is 0 Å². The summed E-state index contributed by atoms with van der Waals surface area (Å²) in [6, 6.07) is 3.94. The van der Waals surface area contributed by atoms with Crippen molar-refractivity contribution in [3.63, 3.8) is 0 Å². The van der Waals surface area contributed by atoms with Crippen molar-refractivity contribution in [2.75, 3.05) is 39.9 Å². The molecular formula is C13H20F2N2O. The zero-order valence-corrected chi connectivity index (χ0v) is 10.6. The van der Waals surface area contributed by atoms with Gasteiger partial charge in [0.05, 0.1) is 6.61 Å². The molecule has 18 heavy (non-hydrogen) atoms. The van der Waals surface area contributed by atoms with Crippen molar-refractivity contribution >= 4 is 0 Å². The number of benzene rings is 1. The highest BCUT2D eigenvalue weighted by Gasteiger charge is 2.06. The summed E-state index contributed by atoms with van der Waals surface area (Å²) in [4.78, 5) is 0. The lowest BCUT2D eigenvalue weighted by atomic mass is 10.1. The average Bonchev–Trinajstić information content (AvgIpc) is 2.35. The normalized spacial score (nSPS) is 10.8. The maximum atomic E-state index is 13.3. The zero-order chi connectivity index (χ0) is 13.2. The molecule has 0 radical (unpaired) electrons. The summed E-state index contributed by atoms with van der Waals surface area (Å²) in [5.74, 6) is -0.954. The molecule has 0 fully saturated rings. The molecule has 0 amide bonds. The summed E-state index contributed by atoms with van der Waals surface area (Å²) >= 11 is 0. The fourth-order valence-electron chi connectivity index (χ4n) is 1.59. The van der Waals surface area contributed by atoms with E-state index in [1.165, 1.54) is 18.2 Å². The summed E-state index contributed by atoms with van der Waals surface area (Å²) in [6.07, 6.45) is 0.358. The van der Waals surface area contributed by atoms with Gasteiger partial charge in [-0.15, -0.1) is 0 Å². The Bertz CT molecular complexity index is 328. The van der Waals surface area contributed by atoms with Crippen LogP contribution in [0.25, 0.3) is 0 Å². The Kier molecular flexibility index (Phi) is 7.48. The van der Waals surface area contributed by atoms with Gasteiger partial charge in [0.25, 0.3) is 0 Å². The van der Waals surface area contributed by atoms with Crippen molar-refractivity contribution < 1.29 is 13.5 Å². The number of nitrogens with one attached hydrogen (secondary N) is 2. The molecule has 5 heteroatoms. The molecule has 0 saturated carbocycles. The summed E-state index contributed by atoms with van der Waals surface area (Å²) in [5, 5.41) is 6.30. The van der Waals surface area contributed by atoms with Crippen molar-refractivity contribution in [1.29, 1.82) is 0 Å². The van der Waals surface area contributed by atoms with Gasteiger partial charge in [-0.1, -0.05) is 6.07 Å². The Morgan fingerprint density at radius 1 is 1.00 bits per heavy atom. The molecule has 2 N–H and O–H groups in total. The monoisotopic (exact) mass is 258 g/mol. The lowest BCUT2D eigenvalue weighted by Gasteiger charge is -2.07. The first-order chi connectivity index (χ1) is 8.75. The molecule has 3 nitrogen and oxygen atoms in total. The minimum absolute atomic E-state index is 0.150. The van der Waals surface area contributed by atoms with E-state index in [1.54, 1.807) is 7.11 Å². The number of halogens is 2. The highest BCUT2D eigenvalue weighted by atomic mass is 19.1. The standard InChI is InChI=1S/C13H20F2N2O/c1-18-10-9-17-8-7-16-6-5-11-12(14)3-2-4-13(11)15/h2-4,16-17H,5-10H2,1H3. The van der Waals surface area contributed by atoms with Gasteiger partial charge in [-0.2, -0.15) is 0 Å². The predicted octanol–water partition coefficient (Wildman–Crippen LogP) is 1.33. The van der Waals surface area contributed by atoms with Gasteiger partial charge in [-0.3, -0.25) is 0 Å². The van der Waals surface area contributed by atoms with Gasteiger partial charge < -0.3 is 15.4 Å². The number of hydrogen-bond donors (Lipinski definition) is 2. The highest BCUT2D eigenvalue weighted by Crippen LogP contribution is 2.11. The van der Waals surface area contributed by atoms with Crippen molar-refractivity contribution in [3.8, 4) is 0 Å². The van der Waals surface area contributed by atoms with E-state index in [9.17, 15) is 8.78 Å². The summed E-state index contributed by atoms with van der Waals surface area (Å²) in [7, 11) is 1.66. The second-order valence-electron chi connectivity index (χ2n) is 3.94. The molecule has 0 aliphatic heterocycles.